The minimum absolute atomic E-state index is 0.0484. The molecule has 1 fully saturated rings. The molecule has 0 radical (unpaired) electrons. The highest BCUT2D eigenvalue weighted by Crippen LogP contribution is 2.36. The van der Waals surface area contributed by atoms with E-state index in [1.165, 1.54) is 12.3 Å². The molecule has 7 heteroatoms. The molecule has 1 aliphatic rings. The number of nitrogens with zero attached hydrogens (tertiary/aromatic N) is 1. The first-order chi connectivity index (χ1) is 8.64. The fourth-order valence-corrected chi connectivity index (χ4v) is 1.91. The zero-order chi connectivity index (χ0) is 14.4. The van der Waals surface area contributed by atoms with Crippen molar-refractivity contribution in [1.29, 1.82) is 0 Å². The first-order valence-electron chi connectivity index (χ1n) is 5.88. The van der Waals surface area contributed by atoms with E-state index in [4.69, 9.17) is 26.0 Å². The maximum atomic E-state index is 11.0. The number of carbonyl (C=O) groups is 1. The van der Waals surface area contributed by atoms with Gasteiger partial charge in [0.1, 0.15) is 5.15 Å². The Balaban J connectivity index is 2.35. The lowest BCUT2D eigenvalue weighted by molar-refractivity contribution is 0.00578. The highest BCUT2D eigenvalue weighted by atomic mass is 35.5. The lowest BCUT2D eigenvalue weighted by Gasteiger charge is -2.32. The van der Waals surface area contributed by atoms with Crippen LogP contribution in [0.3, 0.4) is 0 Å². The summed E-state index contributed by atoms with van der Waals surface area (Å²) >= 11 is 5.74. The molecule has 1 aromatic rings. The van der Waals surface area contributed by atoms with E-state index in [0.29, 0.717) is 5.46 Å². The van der Waals surface area contributed by atoms with Crippen LogP contribution in [0.15, 0.2) is 12.3 Å². The summed E-state index contributed by atoms with van der Waals surface area (Å²) in [6.45, 7) is 7.70. The topological polar surface area (TPSA) is 68.7 Å². The average molecular weight is 284 g/mol. The minimum Gasteiger partial charge on any atom is -0.478 e. The number of hydrogen-bond acceptors (Lipinski definition) is 4. The molecule has 2 rings (SSSR count). The van der Waals surface area contributed by atoms with Crippen LogP contribution in [0.2, 0.25) is 5.15 Å². The molecule has 1 N–H and O–H groups in total. The molecule has 0 saturated carbocycles. The van der Waals surface area contributed by atoms with Crippen molar-refractivity contribution in [2.24, 2.45) is 0 Å². The number of pyridine rings is 1. The van der Waals surface area contributed by atoms with Crippen LogP contribution in [0, 0.1) is 0 Å². The Bertz CT molecular complexity index is 516. The standard InChI is InChI=1S/C12H15BClNO4/c1-11(2)12(3,4)19-13(18-11)7-5-8(10(16)17)9(14)15-6-7/h5-6H,1-4H3,(H,16,17). The first kappa shape index (κ1) is 14.3. The van der Waals surface area contributed by atoms with E-state index < -0.39 is 24.3 Å². The predicted octanol–water partition coefficient (Wildman–Crippen LogP) is 1.73. The zero-order valence-electron chi connectivity index (χ0n) is 11.2. The van der Waals surface area contributed by atoms with E-state index in [1.807, 2.05) is 27.7 Å². The lowest BCUT2D eigenvalue weighted by atomic mass is 9.80. The van der Waals surface area contributed by atoms with Crippen molar-refractivity contribution in [2.45, 2.75) is 38.9 Å². The quantitative estimate of drug-likeness (QED) is 0.661. The van der Waals surface area contributed by atoms with Crippen molar-refractivity contribution in [3.63, 3.8) is 0 Å². The normalized spacial score (nSPS) is 20.6. The summed E-state index contributed by atoms with van der Waals surface area (Å²) in [5.74, 6) is -1.13. The van der Waals surface area contributed by atoms with E-state index in [2.05, 4.69) is 4.98 Å². The van der Waals surface area contributed by atoms with Gasteiger partial charge in [0.2, 0.25) is 0 Å². The minimum atomic E-state index is -1.13. The Labute approximate surface area is 117 Å². The molecule has 1 aromatic heterocycles. The van der Waals surface area contributed by atoms with Gasteiger partial charge in [0.25, 0.3) is 0 Å². The number of hydrogen-bond donors (Lipinski definition) is 1. The molecule has 0 aromatic carbocycles. The maximum absolute atomic E-state index is 11.0. The average Bonchev–Trinajstić information content (AvgIpc) is 2.48. The Hall–Kier alpha value is -1.11. The van der Waals surface area contributed by atoms with Crippen molar-refractivity contribution in [3.05, 3.63) is 23.0 Å². The van der Waals surface area contributed by atoms with Gasteiger partial charge >= 0.3 is 13.1 Å². The van der Waals surface area contributed by atoms with Crippen LogP contribution < -0.4 is 5.46 Å². The smallest absolute Gasteiger partial charge is 0.478 e. The van der Waals surface area contributed by atoms with Crippen LogP contribution in [0.4, 0.5) is 0 Å². The molecular weight excluding hydrogens is 268 g/mol. The number of aromatic nitrogens is 1. The van der Waals surface area contributed by atoms with E-state index in [9.17, 15) is 4.79 Å². The molecule has 0 spiro atoms. The number of carboxylic acids is 1. The first-order valence-corrected chi connectivity index (χ1v) is 6.26. The highest BCUT2D eigenvalue weighted by molar-refractivity contribution is 6.62. The molecule has 0 atom stereocenters. The van der Waals surface area contributed by atoms with Crippen LogP contribution in [-0.2, 0) is 9.31 Å². The second-order valence-corrected chi connectivity index (χ2v) is 5.86. The largest absolute Gasteiger partial charge is 0.496 e. The zero-order valence-corrected chi connectivity index (χ0v) is 12.0. The molecule has 0 unspecified atom stereocenters. The van der Waals surface area contributed by atoms with E-state index in [0.717, 1.165) is 0 Å². The summed E-state index contributed by atoms with van der Waals surface area (Å²) in [5.41, 5.74) is -0.490. The van der Waals surface area contributed by atoms with E-state index in [1.54, 1.807) is 0 Å². The van der Waals surface area contributed by atoms with Crippen LogP contribution in [0.1, 0.15) is 38.1 Å². The van der Waals surface area contributed by atoms with Gasteiger partial charge < -0.3 is 14.4 Å². The van der Waals surface area contributed by atoms with E-state index in [-0.39, 0.29) is 10.7 Å². The third-order valence-electron chi connectivity index (χ3n) is 3.62. The highest BCUT2D eigenvalue weighted by Gasteiger charge is 2.51. The molecule has 0 bridgehead atoms. The molecule has 0 amide bonds. The Morgan fingerprint density at radius 2 is 1.84 bits per heavy atom. The molecule has 2 heterocycles. The van der Waals surface area contributed by atoms with Gasteiger partial charge in [-0.05, 0) is 33.8 Å². The summed E-state index contributed by atoms with van der Waals surface area (Å²) < 4.78 is 11.7. The SMILES string of the molecule is CC1(C)OB(c2cnc(Cl)c(C(=O)O)c2)OC1(C)C. The summed E-state index contributed by atoms with van der Waals surface area (Å²) in [6.07, 6.45) is 1.47. The maximum Gasteiger partial charge on any atom is 0.496 e. The number of carboxylic acid groups (broad SMARTS) is 1. The monoisotopic (exact) mass is 283 g/mol. The molecule has 102 valence electrons. The number of aromatic carboxylic acids is 1. The van der Waals surface area contributed by atoms with Gasteiger partial charge in [0.15, 0.2) is 0 Å². The van der Waals surface area contributed by atoms with Crippen molar-refractivity contribution in [1.82, 2.24) is 4.98 Å². The van der Waals surface area contributed by atoms with Gasteiger partial charge in [-0.15, -0.1) is 0 Å². The lowest BCUT2D eigenvalue weighted by Crippen LogP contribution is -2.41. The summed E-state index contributed by atoms with van der Waals surface area (Å²) in [4.78, 5) is 14.9. The Kier molecular flexibility index (Phi) is 3.37. The van der Waals surface area contributed by atoms with Gasteiger partial charge in [-0.1, -0.05) is 11.6 Å². The predicted molar refractivity (Wildman–Crippen MR) is 71.9 cm³/mol. The van der Waals surface area contributed by atoms with Gasteiger partial charge in [-0.3, -0.25) is 0 Å². The van der Waals surface area contributed by atoms with Gasteiger partial charge in [-0.25, -0.2) is 9.78 Å². The number of halogens is 1. The second kappa shape index (κ2) is 4.47. The molecular formula is C12H15BClNO4. The van der Waals surface area contributed by atoms with Crippen molar-refractivity contribution < 1.29 is 19.2 Å². The summed E-state index contributed by atoms with van der Waals surface area (Å²) in [5, 5.41) is 8.98. The summed E-state index contributed by atoms with van der Waals surface area (Å²) in [7, 11) is -0.645. The third kappa shape index (κ3) is 2.48. The second-order valence-electron chi connectivity index (χ2n) is 5.50. The van der Waals surface area contributed by atoms with Crippen molar-refractivity contribution in [3.8, 4) is 0 Å². The van der Waals surface area contributed by atoms with Gasteiger partial charge in [0.05, 0.1) is 16.8 Å². The van der Waals surface area contributed by atoms with Crippen LogP contribution in [0.25, 0.3) is 0 Å². The fourth-order valence-electron chi connectivity index (χ4n) is 1.72. The molecule has 5 nitrogen and oxygen atoms in total. The van der Waals surface area contributed by atoms with Crippen LogP contribution >= 0.6 is 11.6 Å². The van der Waals surface area contributed by atoms with Crippen LogP contribution in [-0.4, -0.2) is 34.4 Å². The summed E-state index contributed by atoms with van der Waals surface area (Å²) in [6, 6.07) is 1.43. The van der Waals surface area contributed by atoms with Crippen molar-refractivity contribution >= 4 is 30.2 Å². The molecule has 1 saturated heterocycles. The van der Waals surface area contributed by atoms with Gasteiger partial charge in [0, 0.05) is 11.7 Å². The van der Waals surface area contributed by atoms with E-state index >= 15 is 0 Å². The molecule has 19 heavy (non-hydrogen) atoms. The Morgan fingerprint density at radius 3 is 2.32 bits per heavy atom. The third-order valence-corrected chi connectivity index (χ3v) is 3.92. The van der Waals surface area contributed by atoms with Gasteiger partial charge in [-0.2, -0.15) is 0 Å². The molecule has 0 aliphatic carbocycles. The van der Waals surface area contributed by atoms with Crippen molar-refractivity contribution in [2.75, 3.05) is 0 Å². The number of rotatable bonds is 2. The Morgan fingerprint density at radius 1 is 1.32 bits per heavy atom. The molecule has 1 aliphatic heterocycles. The van der Waals surface area contributed by atoms with Crippen LogP contribution in [0.5, 0.6) is 0 Å². The fraction of sp³-hybridized carbons (Fsp3) is 0.500.